The number of allylic oxidation sites excluding steroid dienone is 3. The summed E-state index contributed by atoms with van der Waals surface area (Å²) in [6.45, 7) is 0. The Labute approximate surface area is 302 Å². The zero-order chi connectivity index (χ0) is 33.6. The third-order valence-electron chi connectivity index (χ3n) is 9.30. The number of rotatable bonds is 6. The fourth-order valence-corrected chi connectivity index (χ4v) is 7.24. The molecule has 7 nitrogen and oxygen atoms in total. The summed E-state index contributed by atoms with van der Waals surface area (Å²) in [6.07, 6.45) is 9.84. The van der Waals surface area contributed by atoms with Crippen LogP contribution in [-0.2, 0) is 0 Å². The number of dihydropyridines is 1. The Bertz CT molecular complexity index is 2620. The van der Waals surface area contributed by atoms with E-state index in [-0.39, 0.29) is 6.04 Å². The number of halogens is 1. The minimum absolute atomic E-state index is 0.222. The van der Waals surface area contributed by atoms with Crippen LogP contribution < -0.4 is 11.1 Å². The van der Waals surface area contributed by atoms with Crippen LogP contribution in [0.15, 0.2) is 155 Å². The first kappa shape index (κ1) is 30.1. The lowest BCUT2D eigenvalue weighted by atomic mass is 10.0. The molecule has 0 radical (unpaired) electrons. The van der Waals surface area contributed by atoms with Crippen molar-refractivity contribution in [3.8, 4) is 17.2 Å². The predicted molar refractivity (Wildman–Crippen MR) is 215 cm³/mol. The quantitative estimate of drug-likeness (QED) is 0.131. The van der Waals surface area contributed by atoms with Gasteiger partial charge in [-0.25, -0.2) is 13.2 Å². The Morgan fingerprint density at radius 1 is 0.680 bits per heavy atom. The van der Waals surface area contributed by atoms with E-state index in [1.165, 1.54) is 21.5 Å². The van der Waals surface area contributed by atoms with Crippen LogP contribution in [0.25, 0.3) is 72.3 Å². The highest BCUT2D eigenvalue weighted by Crippen LogP contribution is 2.35. The number of hydrogen-bond acceptors (Lipinski definition) is 5. The van der Waals surface area contributed by atoms with Crippen molar-refractivity contribution in [2.24, 2.45) is 8.94 Å². The molecule has 0 aliphatic carbocycles. The zero-order valence-electron chi connectivity index (χ0n) is 26.8. The van der Waals surface area contributed by atoms with Crippen molar-refractivity contribution in [3.63, 3.8) is 0 Å². The molecule has 5 heterocycles. The molecule has 1 unspecified atom stereocenters. The molecule has 0 bridgehead atoms. The minimum atomic E-state index is -0.222. The van der Waals surface area contributed by atoms with Gasteiger partial charge in [-0.1, -0.05) is 91.0 Å². The van der Waals surface area contributed by atoms with Gasteiger partial charge in [0.25, 0.3) is 0 Å². The third kappa shape index (κ3) is 5.07. The largest absolute Gasteiger partial charge is 0.398 e. The van der Waals surface area contributed by atoms with Gasteiger partial charge in [0, 0.05) is 39.0 Å². The molecule has 4 aromatic heterocycles. The number of benzene rings is 4. The highest BCUT2D eigenvalue weighted by molar-refractivity contribution is 14.1. The average Bonchev–Trinajstić information content (AvgIpc) is 3.70. The lowest BCUT2D eigenvalue weighted by Crippen LogP contribution is -2.25. The molecule has 8 heteroatoms. The van der Waals surface area contributed by atoms with Gasteiger partial charge in [-0.3, -0.25) is 9.13 Å². The van der Waals surface area contributed by atoms with Crippen molar-refractivity contribution in [2.45, 2.75) is 6.04 Å². The van der Waals surface area contributed by atoms with Gasteiger partial charge in [0.05, 0.1) is 68.1 Å². The predicted octanol–water partition coefficient (Wildman–Crippen LogP) is 9.77. The summed E-state index contributed by atoms with van der Waals surface area (Å²) in [7, 11) is 0. The molecule has 1 atom stereocenters. The minimum Gasteiger partial charge on any atom is -0.398 e. The van der Waals surface area contributed by atoms with Gasteiger partial charge in [0.2, 0.25) is 0 Å². The number of pyridine rings is 2. The number of nitrogens with one attached hydrogen (secondary N) is 1. The molecule has 50 heavy (non-hydrogen) atoms. The van der Waals surface area contributed by atoms with Gasteiger partial charge in [0.1, 0.15) is 11.6 Å². The van der Waals surface area contributed by atoms with Crippen molar-refractivity contribution < 1.29 is 0 Å². The van der Waals surface area contributed by atoms with E-state index < -0.39 is 0 Å². The van der Waals surface area contributed by atoms with Gasteiger partial charge in [-0.2, -0.15) is 0 Å². The molecular formula is C42H30IN7. The average molecular weight is 760 g/mol. The maximum absolute atomic E-state index is 6.65. The fraction of sp³-hybridized carbons (Fsp3) is 0.0238. The molecule has 0 amide bonds. The van der Waals surface area contributed by atoms with Gasteiger partial charge in [-0.15, -0.1) is 0 Å². The van der Waals surface area contributed by atoms with E-state index in [9.17, 15) is 0 Å². The SMILES string of the molecule is NC(=CC=NI)c1cc(-c2cccc(-n3c4ccccc4c4ccccc43)n2)nc(C2C=CC=C(n3c4ccccc4c4ccccc43)N2)c1. The lowest BCUT2D eigenvalue weighted by Gasteiger charge is -2.24. The summed E-state index contributed by atoms with van der Waals surface area (Å²) in [4.78, 5) is 10.5. The van der Waals surface area contributed by atoms with Crippen LogP contribution in [0.2, 0.25) is 0 Å². The summed E-state index contributed by atoms with van der Waals surface area (Å²) >= 11 is 1.95. The zero-order valence-corrected chi connectivity index (χ0v) is 28.9. The Hall–Kier alpha value is -6.00. The standard InChI is InChI=1S/C42H30IN7/c43-45-24-23-32(44)27-25-35(33-15-9-21-41(47-33)49-37-17-5-1-11-28(37)29-12-2-6-18-38(29)49)46-36(26-27)34-16-10-22-42(48-34)50-39-19-7-3-13-30(39)31-14-4-8-20-40(31)50/h1-26,33,47H,44H2. The van der Waals surface area contributed by atoms with Gasteiger partial charge in [-0.05, 0) is 60.7 Å². The van der Waals surface area contributed by atoms with E-state index in [1.807, 2.05) is 59.3 Å². The summed E-state index contributed by atoms with van der Waals surface area (Å²) in [6, 6.07) is 43.9. The van der Waals surface area contributed by atoms with E-state index in [0.29, 0.717) is 5.70 Å². The van der Waals surface area contributed by atoms with E-state index in [2.05, 4.69) is 133 Å². The first-order valence-corrected chi connectivity index (χ1v) is 17.4. The molecule has 1 aliphatic rings. The molecule has 3 N–H and O–H groups in total. The second-order valence-corrected chi connectivity index (χ2v) is 12.8. The van der Waals surface area contributed by atoms with Crippen molar-refractivity contribution >= 4 is 84.2 Å². The Balaban J connectivity index is 1.16. The van der Waals surface area contributed by atoms with Crippen LogP contribution in [0, 0.1) is 0 Å². The molecule has 9 rings (SSSR count). The molecular weight excluding hydrogens is 729 g/mol. The third-order valence-corrected chi connectivity index (χ3v) is 9.62. The van der Waals surface area contributed by atoms with Crippen molar-refractivity contribution in [2.75, 3.05) is 0 Å². The van der Waals surface area contributed by atoms with E-state index in [1.54, 1.807) is 6.21 Å². The van der Waals surface area contributed by atoms with Gasteiger partial charge < -0.3 is 11.1 Å². The van der Waals surface area contributed by atoms with E-state index in [4.69, 9.17) is 15.7 Å². The van der Waals surface area contributed by atoms with Crippen molar-refractivity contribution in [3.05, 3.63) is 163 Å². The van der Waals surface area contributed by atoms with Crippen LogP contribution in [0.1, 0.15) is 17.3 Å². The molecule has 0 fully saturated rings. The molecule has 8 aromatic rings. The summed E-state index contributed by atoms with van der Waals surface area (Å²) in [5.41, 5.74) is 14.9. The van der Waals surface area contributed by atoms with Gasteiger partial charge in [0.15, 0.2) is 0 Å². The summed E-state index contributed by atoms with van der Waals surface area (Å²) in [5, 5.41) is 8.58. The number of hydrogen-bond donors (Lipinski definition) is 2. The summed E-state index contributed by atoms with van der Waals surface area (Å²) < 4.78 is 8.60. The fourth-order valence-electron chi connectivity index (χ4n) is 7.08. The second kappa shape index (κ2) is 12.5. The van der Waals surface area contributed by atoms with Crippen LogP contribution in [0.4, 0.5) is 0 Å². The Morgan fingerprint density at radius 3 is 1.86 bits per heavy atom. The number of fused-ring (bicyclic) bond motifs is 6. The Morgan fingerprint density at radius 2 is 1.26 bits per heavy atom. The smallest absolute Gasteiger partial charge is 0.138 e. The van der Waals surface area contributed by atoms with Gasteiger partial charge >= 0.3 is 0 Å². The summed E-state index contributed by atoms with van der Waals surface area (Å²) in [5.74, 6) is 1.79. The highest BCUT2D eigenvalue weighted by Gasteiger charge is 2.21. The Kier molecular flexibility index (Phi) is 7.50. The number of nitrogens with zero attached hydrogens (tertiary/aromatic N) is 5. The van der Waals surface area contributed by atoms with Crippen molar-refractivity contribution in [1.29, 1.82) is 0 Å². The second-order valence-electron chi connectivity index (χ2n) is 12.2. The normalized spacial score (nSPS) is 15.0. The maximum atomic E-state index is 6.65. The number of aromatic nitrogens is 4. The first-order valence-electron chi connectivity index (χ1n) is 16.4. The molecule has 1 aliphatic heterocycles. The van der Waals surface area contributed by atoms with Crippen LogP contribution >= 0.6 is 22.9 Å². The topological polar surface area (TPSA) is 86.1 Å². The molecule has 0 saturated heterocycles. The highest BCUT2D eigenvalue weighted by atomic mass is 127. The number of para-hydroxylation sites is 4. The lowest BCUT2D eigenvalue weighted by molar-refractivity contribution is 0.713. The van der Waals surface area contributed by atoms with E-state index in [0.717, 1.165) is 56.4 Å². The van der Waals surface area contributed by atoms with E-state index >= 15 is 0 Å². The molecule has 240 valence electrons. The maximum Gasteiger partial charge on any atom is 0.138 e. The monoisotopic (exact) mass is 759 g/mol. The van der Waals surface area contributed by atoms with Crippen LogP contribution in [0.5, 0.6) is 0 Å². The van der Waals surface area contributed by atoms with Crippen LogP contribution in [0.3, 0.4) is 0 Å². The molecule has 4 aromatic carbocycles. The number of nitrogens with two attached hydrogens (primary N) is 1. The first-order chi connectivity index (χ1) is 24.7. The van der Waals surface area contributed by atoms with Crippen molar-refractivity contribution in [1.82, 2.24) is 24.4 Å². The molecule has 0 saturated carbocycles. The van der Waals surface area contributed by atoms with Crippen LogP contribution in [-0.4, -0.2) is 25.3 Å². The molecule has 0 spiro atoms.